The van der Waals surface area contributed by atoms with Crippen LogP contribution < -0.4 is 10.6 Å². The number of nitrogens with zero attached hydrogens (tertiary/aromatic N) is 1. The van der Waals surface area contributed by atoms with Crippen molar-refractivity contribution in [3.8, 4) is 0 Å². The van der Waals surface area contributed by atoms with Crippen LogP contribution in [-0.4, -0.2) is 47.0 Å². The number of benzene rings is 1. The number of hydrogen-bond acceptors (Lipinski definition) is 4. The van der Waals surface area contributed by atoms with E-state index in [0.717, 1.165) is 68.9 Å². The van der Waals surface area contributed by atoms with E-state index in [1.807, 2.05) is 31.2 Å². The van der Waals surface area contributed by atoms with Gasteiger partial charge in [0.15, 0.2) is 0 Å². The first-order valence-corrected chi connectivity index (χ1v) is 14.2. The Bertz CT molecular complexity index is 874. The van der Waals surface area contributed by atoms with Crippen LogP contribution in [-0.2, 0) is 14.3 Å². The second kappa shape index (κ2) is 15.0. The summed E-state index contributed by atoms with van der Waals surface area (Å²) in [5.41, 5.74) is 1.15. The number of carbonyl (C=O) groups excluding carboxylic acids is 3. The molecule has 37 heavy (non-hydrogen) atoms. The molecule has 2 atom stereocenters. The van der Waals surface area contributed by atoms with Crippen molar-refractivity contribution in [2.45, 2.75) is 129 Å². The Morgan fingerprint density at radius 2 is 1.73 bits per heavy atom. The standard InChI is InChI=1S/C30H49N3O4/c1-7-8-9-10-14-20-33(28(35)23(3)31-29(36)37-30(4,5)6)26(24-17-15-16-22(2)21-24)27(34)32-25-18-12-11-13-19-25/h15-17,21,23,25-26H,7-14,18-20H2,1-6H3,(H,31,36)(H,32,34). The molecule has 0 spiro atoms. The average molecular weight is 516 g/mol. The number of ether oxygens (including phenoxy) is 1. The fourth-order valence-corrected chi connectivity index (χ4v) is 4.89. The van der Waals surface area contributed by atoms with Crippen LogP contribution in [0.15, 0.2) is 24.3 Å². The van der Waals surface area contributed by atoms with E-state index in [1.54, 1.807) is 32.6 Å². The lowest BCUT2D eigenvalue weighted by molar-refractivity contribution is -0.142. The Kier molecular flexibility index (Phi) is 12.4. The van der Waals surface area contributed by atoms with Gasteiger partial charge in [0, 0.05) is 12.6 Å². The van der Waals surface area contributed by atoms with Gasteiger partial charge in [-0.15, -0.1) is 0 Å². The van der Waals surface area contributed by atoms with Gasteiger partial charge in [-0.05, 0) is 59.4 Å². The molecule has 0 bridgehead atoms. The van der Waals surface area contributed by atoms with E-state index >= 15 is 0 Å². The van der Waals surface area contributed by atoms with Gasteiger partial charge >= 0.3 is 6.09 Å². The third-order valence-electron chi connectivity index (χ3n) is 6.76. The SMILES string of the molecule is CCCCCCCN(C(=O)C(C)NC(=O)OC(C)(C)C)C(C(=O)NC1CCCCC1)c1cccc(C)c1. The minimum absolute atomic E-state index is 0.132. The number of rotatable bonds is 12. The van der Waals surface area contributed by atoms with Crippen molar-refractivity contribution in [2.75, 3.05) is 6.54 Å². The summed E-state index contributed by atoms with van der Waals surface area (Å²) in [6.07, 6.45) is 9.85. The number of unbranched alkanes of at least 4 members (excludes halogenated alkanes) is 4. The molecule has 0 radical (unpaired) electrons. The van der Waals surface area contributed by atoms with E-state index in [4.69, 9.17) is 4.74 Å². The normalized spacial score (nSPS) is 15.9. The van der Waals surface area contributed by atoms with Crippen LogP contribution in [0.2, 0.25) is 0 Å². The third-order valence-corrected chi connectivity index (χ3v) is 6.76. The number of carbonyl (C=O) groups is 3. The topological polar surface area (TPSA) is 87.7 Å². The van der Waals surface area contributed by atoms with Gasteiger partial charge in [-0.25, -0.2) is 4.79 Å². The summed E-state index contributed by atoms with van der Waals surface area (Å²) >= 11 is 0. The van der Waals surface area contributed by atoms with Crippen LogP contribution in [0.1, 0.15) is 116 Å². The Hall–Kier alpha value is -2.57. The third kappa shape index (κ3) is 10.7. The maximum absolute atomic E-state index is 13.8. The summed E-state index contributed by atoms with van der Waals surface area (Å²) in [6.45, 7) is 11.6. The second-order valence-electron chi connectivity index (χ2n) is 11.5. The molecule has 2 rings (SSSR count). The van der Waals surface area contributed by atoms with Crippen LogP contribution in [0.5, 0.6) is 0 Å². The minimum atomic E-state index is -0.833. The molecule has 0 aromatic heterocycles. The molecule has 1 saturated carbocycles. The highest BCUT2D eigenvalue weighted by molar-refractivity contribution is 5.92. The first kappa shape index (κ1) is 30.7. The van der Waals surface area contributed by atoms with Crippen molar-refractivity contribution in [3.63, 3.8) is 0 Å². The lowest BCUT2D eigenvalue weighted by atomic mass is 9.94. The molecule has 7 nitrogen and oxygen atoms in total. The number of alkyl carbamates (subject to hydrolysis) is 1. The van der Waals surface area contributed by atoms with Crippen LogP contribution in [0.3, 0.4) is 0 Å². The molecule has 1 aromatic rings. The highest BCUT2D eigenvalue weighted by Crippen LogP contribution is 2.26. The van der Waals surface area contributed by atoms with E-state index in [-0.39, 0.29) is 17.9 Å². The predicted molar refractivity (Wildman–Crippen MR) is 148 cm³/mol. The largest absolute Gasteiger partial charge is 0.444 e. The number of nitrogens with one attached hydrogen (secondary N) is 2. The molecule has 1 aliphatic carbocycles. The second-order valence-corrected chi connectivity index (χ2v) is 11.5. The zero-order valence-electron chi connectivity index (χ0n) is 23.9. The van der Waals surface area contributed by atoms with Gasteiger partial charge < -0.3 is 20.3 Å². The maximum atomic E-state index is 13.8. The average Bonchev–Trinajstić information content (AvgIpc) is 2.82. The van der Waals surface area contributed by atoms with Crippen LogP contribution >= 0.6 is 0 Å². The lowest BCUT2D eigenvalue weighted by Gasteiger charge is -2.35. The van der Waals surface area contributed by atoms with Crippen LogP contribution in [0, 0.1) is 6.92 Å². The fourth-order valence-electron chi connectivity index (χ4n) is 4.89. The lowest BCUT2D eigenvalue weighted by Crippen LogP contribution is -2.53. The van der Waals surface area contributed by atoms with Gasteiger partial charge in [0.2, 0.25) is 11.8 Å². The van der Waals surface area contributed by atoms with Crippen molar-refractivity contribution in [3.05, 3.63) is 35.4 Å². The molecular weight excluding hydrogens is 466 g/mol. The van der Waals surface area contributed by atoms with Gasteiger partial charge in [0.25, 0.3) is 0 Å². The zero-order chi connectivity index (χ0) is 27.4. The summed E-state index contributed by atoms with van der Waals surface area (Å²) in [5, 5.41) is 5.93. The van der Waals surface area contributed by atoms with Crippen molar-refractivity contribution < 1.29 is 19.1 Å². The molecule has 1 fully saturated rings. The Morgan fingerprint density at radius 3 is 2.35 bits per heavy atom. The Balaban J connectivity index is 2.33. The van der Waals surface area contributed by atoms with Gasteiger partial charge in [-0.1, -0.05) is 81.7 Å². The molecule has 0 saturated heterocycles. The molecular formula is C30H49N3O4. The Morgan fingerprint density at radius 1 is 1.05 bits per heavy atom. The van der Waals surface area contributed by atoms with Gasteiger partial charge in [-0.2, -0.15) is 0 Å². The number of aryl methyl sites for hydroxylation is 1. The minimum Gasteiger partial charge on any atom is -0.444 e. The molecule has 0 aliphatic heterocycles. The molecule has 7 heteroatoms. The van der Waals surface area contributed by atoms with E-state index in [1.165, 1.54) is 6.42 Å². The van der Waals surface area contributed by atoms with E-state index in [0.29, 0.717) is 6.54 Å². The van der Waals surface area contributed by atoms with Crippen molar-refractivity contribution in [1.29, 1.82) is 0 Å². The highest BCUT2D eigenvalue weighted by Gasteiger charge is 2.35. The summed E-state index contributed by atoms with van der Waals surface area (Å²) in [4.78, 5) is 41.7. The maximum Gasteiger partial charge on any atom is 0.408 e. The van der Waals surface area contributed by atoms with Gasteiger partial charge in [0.05, 0.1) is 0 Å². The number of amides is 3. The Labute approximate surface area is 224 Å². The molecule has 1 aliphatic rings. The molecule has 2 unspecified atom stereocenters. The monoisotopic (exact) mass is 515 g/mol. The van der Waals surface area contributed by atoms with Gasteiger partial charge in [0.1, 0.15) is 17.7 Å². The first-order valence-electron chi connectivity index (χ1n) is 14.2. The summed E-state index contributed by atoms with van der Waals surface area (Å²) in [5.74, 6) is -0.435. The van der Waals surface area contributed by atoms with Crippen LogP contribution in [0.4, 0.5) is 4.79 Å². The quantitative estimate of drug-likeness (QED) is 0.325. The first-order chi connectivity index (χ1) is 17.5. The van der Waals surface area contributed by atoms with Crippen LogP contribution in [0.25, 0.3) is 0 Å². The van der Waals surface area contributed by atoms with E-state index in [2.05, 4.69) is 17.6 Å². The van der Waals surface area contributed by atoms with E-state index < -0.39 is 23.8 Å². The number of hydrogen-bond donors (Lipinski definition) is 2. The molecule has 2 N–H and O–H groups in total. The molecule has 3 amide bonds. The van der Waals surface area contributed by atoms with Crippen molar-refractivity contribution in [1.82, 2.24) is 15.5 Å². The molecule has 208 valence electrons. The fraction of sp³-hybridized carbons (Fsp3) is 0.700. The van der Waals surface area contributed by atoms with Crippen molar-refractivity contribution in [2.24, 2.45) is 0 Å². The summed E-state index contributed by atoms with van der Waals surface area (Å²) < 4.78 is 5.37. The predicted octanol–water partition coefficient (Wildman–Crippen LogP) is 6.20. The molecule has 0 heterocycles. The highest BCUT2D eigenvalue weighted by atomic mass is 16.6. The smallest absolute Gasteiger partial charge is 0.408 e. The summed E-state index contributed by atoms with van der Waals surface area (Å²) in [7, 11) is 0. The zero-order valence-corrected chi connectivity index (χ0v) is 23.9. The summed E-state index contributed by atoms with van der Waals surface area (Å²) in [6, 6.07) is 6.35. The van der Waals surface area contributed by atoms with Gasteiger partial charge in [-0.3, -0.25) is 9.59 Å². The molecule has 1 aromatic carbocycles. The van der Waals surface area contributed by atoms with E-state index in [9.17, 15) is 14.4 Å². The van der Waals surface area contributed by atoms with Crippen molar-refractivity contribution >= 4 is 17.9 Å².